The van der Waals surface area contributed by atoms with Crippen molar-refractivity contribution in [2.24, 2.45) is 5.92 Å². The van der Waals surface area contributed by atoms with Gasteiger partial charge in [-0.25, -0.2) is 4.39 Å². The third kappa shape index (κ3) is 5.43. The van der Waals surface area contributed by atoms with Crippen molar-refractivity contribution < 1.29 is 18.7 Å². The highest BCUT2D eigenvalue weighted by Crippen LogP contribution is 2.40. The maximum Gasteiger partial charge on any atom is 0.225 e. The summed E-state index contributed by atoms with van der Waals surface area (Å²) >= 11 is 0. The molecule has 0 saturated carbocycles. The number of methoxy groups -OCH3 is 1. The number of benzene rings is 2. The first-order chi connectivity index (χ1) is 15.1. The van der Waals surface area contributed by atoms with Gasteiger partial charge in [-0.3, -0.25) is 9.59 Å². The van der Waals surface area contributed by atoms with E-state index in [-0.39, 0.29) is 29.6 Å². The van der Waals surface area contributed by atoms with Crippen LogP contribution in [0.25, 0.3) is 0 Å². The van der Waals surface area contributed by atoms with Gasteiger partial charge in [0.25, 0.3) is 0 Å². The van der Waals surface area contributed by atoms with Crippen LogP contribution in [-0.2, 0) is 16.0 Å². The predicted octanol–water partition coefficient (Wildman–Crippen LogP) is 4.27. The predicted molar refractivity (Wildman–Crippen MR) is 118 cm³/mol. The van der Waals surface area contributed by atoms with E-state index in [2.05, 4.69) is 12.2 Å². The van der Waals surface area contributed by atoms with E-state index in [4.69, 9.17) is 4.74 Å². The van der Waals surface area contributed by atoms with Gasteiger partial charge in [-0.1, -0.05) is 49.7 Å². The highest BCUT2D eigenvalue weighted by molar-refractivity contribution is 5.85. The average Bonchev–Trinajstić information content (AvgIpc) is 2.79. The fourth-order valence-electron chi connectivity index (χ4n) is 4.27. The number of amides is 2. The quantitative estimate of drug-likeness (QED) is 0.651. The van der Waals surface area contributed by atoms with E-state index in [0.29, 0.717) is 43.7 Å². The lowest BCUT2D eigenvalue weighted by atomic mass is 9.83. The minimum atomic E-state index is -0.383. The molecule has 0 bridgehead atoms. The van der Waals surface area contributed by atoms with Crippen LogP contribution in [0, 0.1) is 11.7 Å². The van der Waals surface area contributed by atoms with Crippen LogP contribution in [0.15, 0.2) is 48.5 Å². The number of nitrogens with zero attached hydrogens (tertiary/aromatic N) is 1. The second kappa shape index (κ2) is 10.9. The van der Waals surface area contributed by atoms with Crippen LogP contribution in [0.2, 0.25) is 0 Å². The molecule has 1 fully saturated rings. The van der Waals surface area contributed by atoms with Crippen molar-refractivity contribution in [2.75, 3.05) is 20.2 Å². The molecule has 1 aliphatic rings. The Bertz CT molecular complexity index is 902. The molecule has 2 aromatic rings. The zero-order chi connectivity index (χ0) is 22.2. The van der Waals surface area contributed by atoms with Gasteiger partial charge in [0.05, 0.1) is 19.1 Å². The minimum absolute atomic E-state index is 0.0692. The van der Waals surface area contributed by atoms with E-state index in [1.165, 1.54) is 6.07 Å². The van der Waals surface area contributed by atoms with Gasteiger partial charge in [0.15, 0.2) is 0 Å². The lowest BCUT2D eigenvalue weighted by Crippen LogP contribution is -2.48. The normalized spacial score (nSPS) is 18.7. The Morgan fingerprint density at radius 1 is 1.19 bits per heavy atom. The molecule has 3 rings (SSSR count). The molecule has 2 amide bonds. The summed E-state index contributed by atoms with van der Waals surface area (Å²) in [5, 5.41) is 2.97. The summed E-state index contributed by atoms with van der Waals surface area (Å²) in [5.74, 6) is -0.0158. The number of para-hydroxylation sites is 1. The van der Waals surface area contributed by atoms with Crippen LogP contribution >= 0.6 is 0 Å². The largest absolute Gasteiger partial charge is 0.496 e. The molecule has 31 heavy (non-hydrogen) atoms. The Balaban J connectivity index is 1.80. The van der Waals surface area contributed by atoms with Crippen LogP contribution < -0.4 is 10.1 Å². The third-order valence-electron chi connectivity index (χ3n) is 5.90. The molecule has 6 heteroatoms. The molecule has 5 nitrogen and oxygen atoms in total. The number of rotatable bonds is 9. The van der Waals surface area contributed by atoms with Gasteiger partial charge < -0.3 is 15.0 Å². The van der Waals surface area contributed by atoms with Crippen LogP contribution in [0.3, 0.4) is 0 Å². The fourth-order valence-corrected chi connectivity index (χ4v) is 4.27. The molecular formula is C25H31FN2O3. The first-order valence-corrected chi connectivity index (χ1v) is 11.0. The molecule has 1 N–H and O–H groups in total. The zero-order valence-corrected chi connectivity index (χ0v) is 18.3. The first-order valence-electron chi connectivity index (χ1n) is 11.0. The van der Waals surface area contributed by atoms with Gasteiger partial charge in [-0.05, 0) is 37.0 Å². The molecule has 0 spiro atoms. The Labute approximate surface area is 183 Å². The van der Waals surface area contributed by atoms with Gasteiger partial charge in [0.2, 0.25) is 11.8 Å². The van der Waals surface area contributed by atoms with E-state index < -0.39 is 0 Å². The highest BCUT2D eigenvalue weighted by atomic mass is 19.1. The molecule has 0 radical (unpaired) electrons. The Morgan fingerprint density at radius 3 is 2.68 bits per heavy atom. The fraction of sp³-hybridized carbons (Fsp3) is 0.440. The van der Waals surface area contributed by atoms with Crippen molar-refractivity contribution in [3.8, 4) is 5.75 Å². The van der Waals surface area contributed by atoms with Crippen molar-refractivity contribution in [2.45, 2.75) is 45.1 Å². The van der Waals surface area contributed by atoms with Gasteiger partial charge >= 0.3 is 0 Å². The number of hydrogen-bond acceptors (Lipinski definition) is 3. The van der Waals surface area contributed by atoms with Crippen molar-refractivity contribution in [3.05, 3.63) is 65.5 Å². The molecule has 2 aromatic carbocycles. The molecule has 166 valence electrons. The number of unbranched alkanes of at least 4 members (excludes halogenated alkanes) is 1. The molecule has 2 unspecified atom stereocenters. The maximum atomic E-state index is 13.9. The SMILES string of the molecule is CCCCN1C(=O)CCC(C(=O)NCCc2ccccc2F)C1c1ccccc1OC. The summed E-state index contributed by atoms with van der Waals surface area (Å²) in [6.45, 7) is 3.04. The molecule has 1 saturated heterocycles. The first kappa shape index (κ1) is 22.8. The van der Waals surface area contributed by atoms with Crippen LogP contribution in [-0.4, -0.2) is 36.9 Å². The number of nitrogens with one attached hydrogen (secondary N) is 1. The Hall–Kier alpha value is -2.89. The van der Waals surface area contributed by atoms with Gasteiger partial charge in [0, 0.05) is 25.1 Å². The maximum absolute atomic E-state index is 13.9. The van der Waals surface area contributed by atoms with Crippen molar-refractivity contribution in [3.63, 3.8) is 0 Å². The van der Waals surface area contributed by atoms with Gasteiger partial charge in [-0.2, -0.15) is 0 Å². The van der Waals surface area contributed by atoms with E-state index >= 15 is 0 Å². The summed E-state index contributed by atoms with van der Waals surface area (Å²) in [6, 6.07) is 13.8. The number of ether oxygens (including phenoxy) is 1. The molecule has 2 atom stereocenters. The Kier molecular flexibility index (Phi) is 8.04. The van der Waals surface area contributed by atoms with Crippen LogP contribution in [0.5, 0.6) is 5.75 Å². The van der Waals surface area contributed by atoms with E-state index in [1.807, 2.05) is 29.2 Å². The number of piperidine rings is 1. The molecule has 0 aliphatic carbocycles. The smallest absolute Gasteiger partial charge is 0.225 e. The lowest BCUT2D eigenvalue weighted by Gasteiger charge is -2.41. The monoisotopic (exact) mass is 426 g/mol. The molecule has 1 aliphatic heterocycles. The molecule has 1 heterocycles. The van der Waals surface area contributed by atoms with Crippen LogP contribution in [0.1, 0.15) is 49.8 Å². The summed E-state index contributed by atoms with van der Waals surface area (Å²) in [4.78, 5) is 27.8. The van der Waals surface area contributed by atoms with Crippen molar-refractivity contribution in [1.82, 2.24) is 10.2 Å². The Morgan fingerprint density at radius 2 is 1.94 bits per heavy atom. The number of halogens is 1. The number of carbonyl (C=O) groups excluding carboxylic acids is 2. The minimum Gasteiger partial charge on any atom is -0.496 e. The molecule has 0 aromatic heterocycles. The summed E-state index contributed by atoms with van der Waals surface area (Å²) < 4.78 is 19.4. The second-order valence-electron chi connectivity index (χ2n) is 7.91. The van der Waals surface area contributed by atoms with E-state index in [0.717, 1.165) is 18.4 Å². The van der Waals surface area contributed by atoms with Gasteiger partial charge in [-0.15, -0.1) is 0 Å². The topological polar surface area (TPSA) is 58.6 Å². The number of likely N-dealkylation sites (tertiary alicyclic amines) is 1. The van der Waals surface area contributed by atoms with Crippen molar-refractivity contribution >= 4 is 11.8 Å². The zero-order valence-electron chi connectivity index (χ0n) is 18.3. The van der Waals surface area contributed by atoms with Crippen LogP contribution in [0.4, 0.5) is 4.39 Å². The molecular weight excluding hydrogens is 395 g/mol. The van der Waals surface area contributed by atoms with E-state index in [1.54, 1.807) is 25.3 Å². The van der Waals surface area contributed by atoms with Gasteiger partial charge in [0.1, 0.15) is 11.6 Å². The summed E-state index contributed by atoms with van der Waals surface area (Å²) in [5.41, 5.74) is 1.43. The summed E-state index contributed by atoms with van der Waals surface area (Å²) in [7, 11) is 1.60. The number of carbonyl (C=O) groups is 2. The number of hydrogen-bond donors (Lipinski definition) is 1. The second-order valence-corrected chi connectivity index (χ2v) is 7.91. The standard InChI is InChI=1S/C25H31FN2O3/c1-3-4-17-28-23(29)14-13-20(24(28)19-10-6-8-12-22(19)31-2)25(30)27-16-15-18-9-5-7-11-21(18)26/h5-12,20,24H,3-4,13-17H2,1-2H3,(H,27,30). The summed E-state index contributed by atoms with van der Waals surface area (Å²) in [6.07, 6.45) is 3.08. The van der Waals surface area contributed by atoms with E-state index in [9.17, 15) is 14.0 Å². The third-order valence-corrected chi connectivity index (χ3v) is 5.90. The average molecular weight is 427 g/mol. The highest BCUT2D eigenvalue weighted by Gasteiger charge is 2.41. The van der Waals surface area contributed by atoms with Crippen molar-refractivity contribution in [1.29, 1.82) is 0 Å². The lowest BCUT2D eigenvalue weighted by molar-refractivity contribution is -0.143.